The molecule has 0 saturated heterocycles. The van der Waals surface area contributed by atoms with E-state index in [1.807, 2.05) is 19.1 Å². The fraction of sp³-hybridized carbons (Fsp3) is 0.312. The normalized spacial score (nSPS) is 11.5. The highest BCUT2D eigenvalue weighted by Gasteiger charge is 2.31. The van der Waals surface area contributed by atoms with Gasteiger partial charge in [0.05, 0.1) is 14.2 Å². The minimum atomic E-state index is -0.915. The first-order valence-corrected chi connectivity index (χ1v) is 7.38. The number of carbonyl (C=O) groups excluding carboxylic acids is 3. The molecule has 0 spiro atoms. The van der Waals surface area contributed by atoms with Gasteiger partial charge in [0.15, 0.2) is 5.69 Å². The number of aromatic nitrogens is 3. The molecule has 1 amide bonds. The lowest BCUT2D eigenvalue weighted by Crippen LogP contribution is -2.28. The number of hydrogen-bond acceptors (Lipinski definition) is 7. The Bertz CT molecular complexity index is 797. The molecule has 1 atom stereocenters. The third-order valence-corrected chi connectivity index (χ3v) is 3.52. The van der Waals surface area contributed by atoms with Crippen LogP contribution >= 0.6 is 0 Å². The molecule has 0 saturated carbocycles. The van der Waals surface area contributed by atoms with Crippen LogP contribution in [0.2, 0.25) is 0 Å². The maximum Gasteiger partial charge on any atom is 0.361 e. The van der Waals surface area contributed by atoms with Crippen LogP contribution in [0.3, 0.4) is 0 Å². The molecule has 0 bridgehead atoms. The van der Waals surface area contributed by atoms with E-state index in [1.54, 1.807) is 12.1 Å². The van der Waals surface area contributed by atoms with E-state index in [0.717, 1.165) is 24.5 Å². The van der Waals surface area contributed by atoms with Crippen LogP contribution in [0.4, 0.5) is 5.69 Å². The molecule has 1 N–H and O–H groups in total. The molecule has 0 radical (unpaired) electrons. The molecule has 0 aliphatic rings. The van der Waals surface area contributed by atoms with Crippen LogP contribution in [0.1, 0.15) is 39.5 Å². The number of amides is 1. The number of aryl methyl sites for hydroxylation is 1. The van der Waals surface area contributed by atoms with Gasteiger partial charge in [0.2, 0.25) is 11.6 Å². The van der Waals surface area contributed by atoms with Crippen molar-refractivity contribution in [2.45, 2.75) is 19.9 Å². The predicted molar refractivity (Wildman–Crippen MR) is 87.2 cm³/mol. The van der Waals surface area contributed by atoms with E-state index in [2.05, 4.69) is 25.1 Å². The number of methoxy groups -OCH3 is 2. The zero-order chi connectivity index (χ0) is 18.6. The smallest absolute Gasteiger partial charge is 0.361 e. The average molecular weight is 346 g/mol. The van der Waals surface area contributed by atoms with Crippen molar-refractivity contribution in [3.63, 3.8) is 0 Å². The fourth-order valence-corrected chi connectivity index (χ4v) is 2.08. The molecule has 2 rings (SSSR count). The summed E-state index contributed by atoms with van der Waals surface area (Å²) in [4.78, 5) is 36.2. The summed E-state index contributed by atoms with van der Waals surface area (Å²) in [5.41, 5.74) is 1.08. The molecule has 25 heavy (non-hydrogen) atoms. The van der Waals surface area contributed by atoms with Gasteiger partial charge in [-0.3, -0.25) is 4.79 Å². The summed E-state index contributed by atoms with van der Waals surface area (Å²) >= 11 is 0. The highest BCUT2D eigenvalue weighted by Crippen LogP contribution is 2.17. The van der Waals surface area contributed by atoms with Crippen LogP contribution < -0.4 is 5.32 Å². The second kappa shape index (κ2) is 7.56. The van der Waals surface area contributed by atoms with E-state index in [9.17, 15) is 14.4 Å². The van der Waals surface area contributed by atoms with Crippen LogP contribution in [-0.4, -0.2) is 47.1 Å². The second-order valence-corrected chi connectivity index (χ2v) is 5.25. The highest BCUT2D eigenvalue weighted by atomic mass is 16.5. The fourth-order valence-electron chi connectivity index (χ4n) is 2.08. The minimum Gasteiger partial charge on any atom is -0.464 e. The Morgan fingerprint density at radius 2 is 1.68 bits per heavy atom. The van der Waals surface area contributed by atoms with E-state index in [0.29, 0.717) is 5.69 Å². The summed E-state index contributed by atoms with van der Waals surface area (Å²) < 4.78 is 10.3. The van der Waals surface area contributed by atoms with Gasteiger partial charge in [-0.2, -0.15) is 0 Å². The monoisotopic (exact) mass is 346 g/mol. The number of carbonyl (C=O) groups is 3. The van der Waals surface area contributed by atoms with Gasteiger partial charge in [-0.1, -0.05) is 22.9 Å². The SMILES string of the molecule is COC(=O)c1nnn([C@@H](C)C(=O)Nc2ccc(C)cc2)c1C(=O)OC. The number of benzene rings is 1. The first kappa shape index (κ1) is 18.1. The van der Waals surface area contributed by atoms with Crippen molar-refractivity contribution in [3.8, 4) is 0 Å². The second-order valence-electron chi connectivity index (χ2n) is 5.25. The minimum absolute atomic E-state index is 0.249. The lowest BCUT2D eigenvalue weighted by Gasteiger charge is -2.14. The van der Waals surface area contributed by atoms with Crippen molar-refractivity contribution in [1.29, 1.82) is 0 Å². The van der Waals surface area contributed by atoms with Crippen LogP contribution in [0.15, 0.2) is 24.3 Å². The first-order chi connectivity index (χ1) is 11.9. The molecule has 1 aromatic carbocycles. The van der Waals surface area contributed by atoms with Crippen LogP contribution in [0.25, 0.3) is 0 Å². The quantitative estimate of drug-likeness (QED) is 0.813. The molecular weight excluding hydrogens is 328 g/mol. The first-order valence-electron chi connectivity index (χ1n) is 7.38. The number of hydrogen-bond donors (Lipinski definition) is 1. The van der Waals surface area contributed by atoms with Crippen molar-refractivity contribution in [2.75, 3.05) is 19.5 Å². The Balaban J connectivity index is 2.31. The summed E-state index contributed by atoms with van der Waals surface area (Å²) in [5.74, 6) is -2.13. The third-order valence-electron chi connectivity index (χ3n) is 3.52. The summed E-state index contributed by atoms with van der Waals surface area (Å²) in [6, 6.07) is 6.29. The van der Waals surface area contributed by atoms with Gasteiger partial charge in [-0.25, -0.2) is 14.3 Å². The molecule has 0 aliphatic carbocycles. The largest absolute Gasteiger partial charge is 0.464 e. The van der Waals surface area contributed by atoms with Gasteiger partial charge >= 0.3 is 11.9 Å². The molecule has 0 unspecified atom stereocenters. The number of anilines is 1. The van der Waals surface area contributed by atoms with Gasteiger partial charge < -0.3 is 14.8 Å². The van der Waals surface area contributed by atoms with E-state index in [1.165, 1.54) is 6.92 Å². The van der Waals surface area contributed by atoms with Crippen molar-refractivity contribution >= 4 is 23.5 Å². The number of esters is 2. The molecule has 0 aliphatic heterocycles. The number of rotatable bonds is 5. The van der Waals surface area contributed by atoms with E-state index < -0.39 is 23.9 Å². The lowest BCUT2D eigenvalue weighted by molar-refractivity contribution is -0.119. The molecule has 2 aromatic rings. The zero-order valence-corrected chi connectivity index (χ0v) is 14.3. The molecule has 1 heterocycles. The number of nitrogens with zero attached hydrogens (tertiary/aromatic N) is 3. The molecule has 9 nitrogen and oxygen atoms in total. The van der Waals surface area contributed by atoms with Crippen LogP contribution in [0.5, 0.6) is 0 Å². The molecule has 9 heteroatoms. The van der Waals surface area contributed by atoms with Gasteiger partial charge in [0.1, 0.15) is 6.04 Å². The molecule has 1 aromatic heterocycles. The Labute approximate surface area is 143 Å². The van der Waals surface area contributed by atoms with Crippen molar-refractivity contribution in [2.24, 2.45) is 0 Å². The standard InChI is InChI=1S/C16H18N4O5/c1-9-5-7-11(8-6-9)17-14(21)10(2)20-13(16(23)25-4)12(18-19-20)15(22)24-3/h5-8,10H,1-4H3,(H,17,21)/t10-/m0/s1. The predicted octanol–water partition coefficient (Wildman–Crippen LogP) is 1.36. The Morgan fingerprint density at radius 1 is 1.08 bits per heavy atom. The van der Waals surface area contributed by atoms with Gasteiger partial charge in [0.25, 0.3) is 0 Å². The van der Waals surface area contributed by atoms with Gasteiger partial charge in [0, 0.05) is 5.69 Å². The summed E-state index contributed by atoms with van der Waals surface area (Å²) in [7, 11) is 2.30. The van der Waals surface area contributed by atoms with Crippen molar-refractivity contribution in [3.05, 3.63) is 41.2 Å². The summed E-state index contributed by atoms with van der Waals surface area (Å²) in [5, 5.41) is 10.1. The topological polar surface area (TPSA) is 112 Å². The van der Waals surface area contributed by atoms with E-state index >= 15 is 0 Å². The molecule has 132 valence electrons. The maximum absolute atomic E-state index is 12.4. The number of ether oxygens (including phenoxy) is 2. The Morgan fingerprint density at radius 3 is 2.24 bits per heavy atom. The molecular formula is C16H18N4O5. The molecule has 0 fully saturated rings. The van der Waals surface area contributed by atoms with Gasteiger partial charge in [-0.15, -0.1) is 5.10 Å². The third kappa shape index (κ3) is 3.82. The van der Waals surface area contributed by atoms with Gasteiger partial charge in [-0.05, 0) is 26.0 Å². The van der Waals surface area contributed by atoms with E-state index in [4.69, 9.17) is 0 Å². The van der Waals surface area contributed by atoms with E-state index in [-0.39, 0.29) is 11.4 Å². The summed E-state index contributed by atoms with van der Waals surface area (Å²) in [6.45, 7) is 3.45. The highest BCUT2D eigenvalue weighted by molar-refractivity contribution is 6.01. The summed E-state index contributed by atoms with van der Waals surface area (Å²) in [6.07, 6.45) is 0. The lowest BCUT2D eigenvalue weighted by atomic mass is 10.2. The average Bonchev–Trinajstić information content (AvgIpc) is 3.06. The maximum atomic E-state index is 12.4. The van der Waals surface area contributed by atoms with Crippen LogP contribution in [0, 0.1) is 6.92 Å². The number of nitrogens with one attached hydrogen (secondary N) is 1. The van der Waals surface area contributed by atoms with Crippen molar-refractivity contribution in [1.82, 2.24) is 15.0 Å². The van der Waals surface area contributed by atoms with Crippen molar-refractivity contribution < 1.29 is 23.9 Å². The van der Waals surface area contributed by atoms with Crippen LogP contribution in [-0.2, 0) is 14.3 Å². The Kier molecular flexibility index (Phi) is 5.48. The Hall–Kier alpha value is -3.23. The zero-order valence-electron chi connectivity index (χ0n) is 14.3.